The molecular weight excluding hydrogens is 240 g/mol. The van der Waals surface area contributed by atoms with Crippen molar-refractivity contribution >= 4 is 10.0 Å². The van der Waals surface area contributed by atoms with Crippen molar-refractivity contribution in [2.24, 2.45) is 11.7 Å². The van der Waals surface area contributed by atoms with Crippen LogP contribution < -0.4 is 10.5 Å². The summed E-state index contributed by atoms with van der Waals surface area (Å²) in [6.45, 7) is 0.713. The molecule has 1 aliphatic heterocycles. The summed E-state index contributed by atoms with van der Waals surface area (Å²) in [6, 6.07) is -0.272. The van der Waals surface area contributed by atoms with Crippen molar-refractivity contribution in [1.29, 1.82) is 0 Å². The normalized spacial score (nSPS) is 42.4. The lowest BCUT2D eigenvalue weighted by Crippen LogP contribution is -2.69. The maximum Gasteiger partial charge on any atom is 0.214 e. The van der Waals surface area contributed by atoms with Gasteiger partial charge in [0.1, 0.15) is 0 Å². The Morgan fingerprint density at radius 1 is 1.18 bits per heavy atom. The second-order valence-electron chi connectivity index (χ2n) is 5.46. The van der Waals surface area contributed by atoms with Crippen molar-refractivity contribution in [1.82, 2.24) is 4.72 Å². The fourth-order valence-corrected chi connectivity index (χ4v) is 5.20. The van der Waals surface area contributed by atoms with Crippen LogP contribution in [0, 0.1) is 5.92 Å². The lowest BCUT2D eigenvalue weighted by atomic mass is 9.73. The van der Waals surface area contributed by atoms with E-state index in [2.05, 4.69) is 4.72 Å². The first-order chi connectivity index (χ1) is 8.09. The highest BCUT2D eigenvalue weighted by Gasteiger charge is 2.53. The molecule has 1 heterocycles. The molecule has 3 N–H and O–H groups in total. The van der Waals surface area contributed by atoms with E-state index in [-0.39, 0.29) is 23.4 Å². The molecular formula is C11H20N2O3S. The molecule has 98 valence electrons. The van der Waals surface area contributed by atoms with Crippen molar-refractivity contribution in [3.63, 3.8) is 0 Å². The standard InChI is InChI=1S/C11H20N2O3S/c12-9-8-5-6-16-11(8)10(9)13-17(14,15)7-3-1-2-4-7/h7-11,13H,1-6,12H2. The minimum absolute atomic E-state index is 0.0150. The van der Waals surface area contributed by atoms with Crippen LogP contribution in [0.2, 0.25) is 0 Å². The monoisotopic (exact) mass is 260 g/mol. The Kier molecular flexibility index (Phi) is 2.93. The van der Waals surface area contributed by atoms with Crippen LogP contribution in [0.5, 0.6) is 0 Å². The zero-order valence-corrected chi connectivity index (χ0v) is 10.7. The average molecular weight is 260 g/mol. The minimum Gasteiger partial charge on any atom is -0.376 e. The molecule has 0 aromatic carbocycles. The summed E-state index contributed by atoms with van der Waals surface area (Å²) in [5, 5.41) is -0.213. The lowest BCUT2D eigenvalue weighted by molar-refractivity contribution is -0.00932. The van der Waals surface area contributed by atoms with Crippen molar-refractivity contribution in [2.75, 3.05) is 6.61 Å². The van der Waals surface area contributed by atoms with Gasteiger partial charge in [-0.15, -0.1) is 0 Å². The van der Waals surface area contributed by atoms with E-state index in [1.54, 1.807) is 0 Å². The number of nitrogens with two attached hydrogens (primary N) is 1. The fraction of sp³-hybridized carbons (Fsp3) is 1.00. The Morgan fingerprint density at radius 3 is 2.59 bits per heavy atom. The number of sulfonamides is 1. The number of nitrogens with one attached hydrogen (secondary N) is 1. The van der Waals surface area contributed by atoms with Crippen LogP contribution in [0.25, 0.3) is 0 Å². The van der Waals surface area contributed by atoms with Gasteiger partial charge in [-0.2, -0.15) is 0 Å². The molecule has 2 aliphatic carbocycles. The van der Waals surface area contributed by atoms with Gasteiger partial charge in [-0.05, 0) is 19.3 Å². The van der Waals surface area contributed by atoms with Crippen molar-refractivity contribution in [3.8, 4) is 0 Å². The van der Waals surface area contributed by atoms with Gasteiger partial charge in [0.2, 0.25) is 10.0 Å². The summed E-state index contributed by atoms with van der Waals surface area (Å²) in [6.07, 6.45) is 4.59. The Hall–Kier alpha value is -0.170. The molecule has 0 aromatic heterocycles. The summed E-state index contributed by atoms with van der Waals surface area (Å²) in [5.41, 5.74) is 6.01. The molecule has 0 radical (unpaired) electrons. The molecule has 0 spiro atoms. The molecule has 3 fully saturated rings. The molecule has 17 heavy (non-hydrogen) atoms. The first kappa shape index (κ1) is 11.9. The number of hydrogen-bond donors (Lipinski definition) is 2. The molecule has 2 saturated carbocycles. The second kappa shape index (κ2) is 4.19. The van der Waals surface area contributed by atoms with E-state index in [4.69, 9.17) is 10.5 Å². The van der Waals surface area contributed by atoms with Crippen molar-refractivity contribution in [2.45, 2.75) is 55.5 Å². The Morgan fingerprint density at radius 2 is 1.88 bits per heavy atom. The van der Waals surface area contributed by atoms with E-state index >= 15 is 0 Å². The molecule has 6 heteroatoms. The quantitative estimate of drug-likeness (QED) is 0.746. The van der Waals surface area contributed by atoms with E-state index in [1.165, 1.54) is 0 Å². The van der Waals surface area contributed by atoms with Crippen LogP contribution in [0.4, 0.5) is 0 Å². The first-order valence-corrected chi connectivity index (χ1v) is 8.02. The summed E-state index contributed by atoms with van der Waals surface area (Å²) >= 11 is 0. The van der Waals surface area contributed by atoms with Crippen LogP contribution >= 0.6 is 0 Å². The van der Waals surface area contributed by atoms with E-state index < -0.39 is 10.0 Å². The summed E-state index contributed by atoms with van der Waals surface area (Å²) < 4.78 is 32.6. The molecule has 0 amide bonds. The third kappa shape index (κ3) is 1.91. The molecule has 3 rings (SSSR count). The lowest BCUT2D eigenvalue weighted by Gasteiger charge is -2.45. The number of hydrogen-bond acceptors (Lipinski definition) is 4. The average Bonchev–Trinajstić information content (AvgIpc) is 2.95. The molecule has 4 atom stereocenters. The van der Waals surface area contributed by atoms with Gasteiger partial charge in [-0.25, -0.2) is 13.1 Å². The van der Waals surface area contributed by atoms with E-state index in [1.807, 2.05) is 0 Å². The topological polar surface area (TPSA) is 81.4 Å². The highest BCUT2D eigenvalue weighted by atomic mass is 32.2. The maximum absolute atomic E-state index is 12.1. The number of ether oxygens (including phenoxy) is 1. The van der Waals surface area contributed by atoms with Gasteiger partial charge in [-0.3, -0.25) is 0 Å². The van der Waals surface area contributed by atoms with E-state index in [0.717, 1.165) is 32.1 Å². The predicted octanol–water partition coefficient (Wildman–Crippen LogP) is -0.0370. The maximum atomic E-state index is 12.1. The van der Waals surface area contributed by atoms with Gasteiger partial charge in [0, 0.05) is 18.6 Å². The van der Waals surface area contributed by atoms with E-state index in [9.17, 15) is 8.42 Å². The Labute approximate surface area is 102 Å². The van der Waals surface area contributed by atoms with E-state index in [0.29, 0.717) is 12.5 Å². The van der Waals surface area contributed by atoms with Gasteiger partial charge in [0.25, 0.3) is 0 Å². The zero-order valence-electron chi connectivity index (χ0n) is 9.84. The van der Waals surface area contributed by atoms with Crippen molar-refractivity contribution < 1.29 is 13.2 Å². The molecule has 0 aromatic rings. The van der Waals surface area contributed by atoms with Gasteiger partial charge >= 0.3 is 0 Å². The van der Waals surface area contributed by atoms with Crippen LogP contribution in [0.3, 0.4) is 0 Å². The van der Waals surface area contributed by atoms with Gasteiger partial charge < -0.3 is 10.5 Å². The van der Waals surface area contributed by atoms with Crippen LogP contribution in [-0.2, 0) is 14.8 Å². The summed E-state index contributed by atoms with van der Waals surface area (Å²) in [4.78, 5) is 0. The second-order valence-corrected chi connectivity index (χ2v) is 7.45. The molecule has 0 bridgehead atoms. The van der Waals surface area contributed by atoms with Gasteiger partial charge in [-0.1, -0.05) is 12.8 Å². The zero-order chi connectivity index (χ0) is 12.0. The van der Waals surface area contributed by atoms with Gasteiger partial charge in [0.15, 0.2) is 0 Å². The highest BCUT2D eigenvalue weighted by molar-refractivity contribution is 7.90. The molecule has 4 unspecified atom stereocenters. The predicted molar refractivity (Wildman–Crippen MR) is 63.9 cm³/mol. The Balaban J connectivity index is 1.66. The van der Waals surface area contributed by atoms with Crippen molar-refractivity contribution in [3.05, 3.63) is 0 Å². The summed E-state index contributed by atoms with van der Waals surface area (Å²) in [7, 11) is -3.20. The van der Waals surface area contributed by atoms with Crippen LogP contribution in [0.1, 0.15) is 32.1 Å². The number of fused-ring (bicyclic) bond motifs is 1. The van der Waals surface area contributed by atoms with Crippen LogP contribution in [0.15, 0.2) is 0 Å². The number of rotatable bonds is 3. The Bertz CT molecular complexity index is 392. The molecule has 1 saturated heterocycles. The third-order valence-corrected chi connectivity index (χ3v) is 6.44. The molecule has 3 aliphatic rings. The largest absolute Gasteiger partial charge is 0.376 e. The smallest absolute Gasteiger partial charge is 0.214 e. The van der Waals surface area contributed by atoms with Crippen LogP contribution in [-0.4, -0.2) is 38.5 Å². The summed E-state index contributed by atoms with van der Waals surface area (Å²) in [5.74, 6) is 0.353. The third-order valence-electron chi connectivity index (χ3n) is 4.49. The first-order valence-electron chi connectivity index (χ1n) is 6.48. The molecule has 5 nitrogen and oxygen atoms in total. The fourth-order valence-electron chi connectivity index (χ4n) is 3.38. The highest BCUT2D eigenvalue weighted by Crippen LogP contribution is 2.38. The van der Waals surface area contributed by atoms with Gasteiger partial charge in [0.05, 0.1) is 17.4 Å². The SMILES string of the molecule is NC1C2CCOC2C1NS(=O)(=O)C1CCCC1. The minimum atomic E-state index is -3.20.